The van der Waals surface area contributed by atoms with E-state index < -0.39 is 0 Å². The van der Waals surface area contributed by atoms with Gasteiger partial charge in [-0.15, -0.1) is 0 Å². The lowest BCUT2D eigenvalue weighted by molar-refractivity contribution is -0.119. The van der Waals surface area contributed by atoms with Gasteiger partial charge in [-0.05, 0) is 30.2 Å². The van der Waals surface area contributed by atoms with Crippen LogP contribution in [0.5, 0.6) is 0 Å². The van der Waals surface area contributed by atoms with Crippen molar-refractivity contribution in [1.82, 2.24) is 15.1 Å². The molecule has 116 valence electrons. The first-order valence-corrected chi connectivity index (χ1v) is 7.69. The van der Waals surface area contributed by atoms with Crippen LogP contribution in [0.25, 0.3) is 0 Å². The highest BCUT2D eigenvalue weighted by atomic mass is 35.5. The molecule has 0 radical (unpaired) electrons. The van der Waals surface area contributed by atoms with Crippen LogP contribution in [0, 0.1) is 12.8 Å². The number of hydrogen-bond donors (Lipinski definition) is 2. The largest absolute Gasteiger partial charge is 0.325 e. The third-order valence-corrected chi connectivity index (χ3v) is 4.64. The molecular weight excluding hydrogens is 300 g/mol. The number of hydrogen-bond acceptors (Lipinski definition) is 3. The Kier molecular flexibility index (Phi) is 4.18. The highest BCUT2D eigenvalue weighted by Crippen LogP contribution is 2.30. The number of amides is 1. The van der Waals surface area contributed by atoms with Crippen LogP contribution in [0.15, 0.2) is 30.6 Å². The van der Waals surface area contributed by atoms with Gasteiger partial charge in [-0.3, -0.25) is 9.48 Å². The first-order chi connectivity index (χ1) is 10.6. The van der Waals surface area contributed by atoms with E-state index in [-0.39, 0.29) is 17.7 Å². The van der Waals surface area contributed by atoms with E-state index in [0.717, 1.165) is 23.4 Å². The molecule has 0 saturated carbocycles. The van der Waals surface area contributed by atoms with Crippen molar-refractivity contribution in [3.8, 4) is 0 Å². The molecule has 0 bridgehead atoms. The molecule has 0 aliphatic carbocycles. The summed E-state index contributed by atoms with van der Waals surface area (Å²) in [6.07, 6.45) is 3.81. The molecule has 1 aromatic carbocycles. The Morgan fingerprint density at radius 2 is 2.27 bits per heavy atom. The minimum atomic E-state index is -0.109. The third kappa shape index (κ3) is 2.87. The fourth-order valence-corrected chi connectivity index (χ4v) is 3.08. The molecule has 1 amide bonds. The van der Waals surface area contributed by atoms with Crippen molar-refractivity contribution in [3.63, 3.8) is 0 Å². The molecule has 2 N–H and O–H groups in total. The monoisotopic (exact) mass is 318 g/mol. The first kappa shape index (κ1) is 15.1. The van der Waals surface area contributed by atoms with Crippen LogP contribution in [0.3, 0.4) is 0 Å². The van der Waals surface area contributed by atoms with Gasteiger partial charge in [0.1, 0.15) is 0 Å². The first-order valence-electron chi connectivity index (χ1n) is 7.31. The lowest BCUT2D eigenvalue weighted by Crippen LogP contribution is -2.28. The van der Waals surface area contributed by atoms with Crippen LogP contribution >= 0.6 is 11.6 Å². The standard InChI is InChI=1S/C16H19ClN4O/c1-10-14(17)4-3-5-15(10)20-16(22)13-8-18-7-12(13)11-6-19-21(2)9-11/h3-6,9,12-13,18H,7-8H2,1-2H3,(H,20,22)/t12-,13+/m1/s1. The molecule has 2 atom stereocenters. The minimum Gasteiger partial charge on any atom is -0.325 e. The molecule has 1 saturated heterocycles. The topological polar surface area (TPSA) is 59.0 Å². The summed E-state index contributed by atoms with van der Waals surface area (Å²) in [7, 11) is 1.89. The van der Waals surface area contributed by atoms with E-state index in [2.05, 4.69) is 15.7 Å². The summed E-state index contributed by atoms with van der Waals surface area (Å²) in [6, 6.07) is 5.54. The summed E-state index contributed by atoms with van der Waals surface area (Å²) in [5, 5.41) is 11.2. The lowest BCUT2D eigenvalue weighted by Gasteiger charge is -2.18. The summed E-state index contributed by atoms with van der Waals surface area (Å²) >= 11 is 6.11. The zero-order valence-electron chi connectivity index (χ0n) is 12.6. The molecular formula is C16H19ClN4O. The predicted octanol–water partition coefficient (Wildman–Crippen LogP) is 2.32. The molecule has 1 aliphatic heterocycles. The maximum atomic E-state index is 12.6. The van der Waals surface area contributed by atoms with E-state index >= 15 is 0 Å². The van der Waals surface area contributed by atoms with Gasteiger partial charge in [0.05, 0.1) is 12.1 Å². The average Bonchev–Trinajstić information content (AvgIpc) is 3.12. The van der Waals surface area contributed by atoms with E-state index in [1.807, 2.05) is 44.6 Å². The number of rotatable bonds is 3. The summed E-state index contributed by atoms with van der Waals surface area (Å²) in [5.74, 6) is 0.0555. The van der Waals surface area contributed by atoms with Crippen LogP contribution in [-0.2, 0) is 11.8 Å². The molecule has 2 aromatic rings. The molecule has 22 heavy (non-hydrogen) atoms. The van der Waals surface area contributed by atoms with Crippen LogP contribution in [0.2, 0.25) is 5.02 Å². The van der Waals surface area contributed by atoms with Crippen molar-refractivity contribution in [1.29, 1.82) is 0 Å². The van der Waals surface area contributed by atoms with Crippen molar-refractivity contribution >= 4 is 23.2 Å². The smallest absolute Gasteiger partial charge is 0.229 e. The van der Waals surface area contributed by atoms with E-state index in [4.69, 9.17) is 11.6 Å². The molecule has 1 aromatic heterocycles. The van der Waals surface area contributed by atoms with Gasteiger partial charge in [-0.25, -0.2) is 0 Å². The van der Waals surface area contributed by atoms with Crippen LogP contribution in [-0.4, -0.2) is 28.8 Å². The van der Waals surface area contributed by atoms with Gasteiger partial charge < -0.3 is 10.6 Å². The van der Waals surface area contributed by atoms with Crippen LogP contribution in [0.4, 0.5) is 5.69 Å². The van der Waals surface area contributed by atoms with Gasteiger partial charge in [0.2, 0.25) is 5.91 Å². The quantitative estimate of drug-likeness (QED) is 0.913. The highest BCUT2D eigenvalue weighted by Gasteiger charge is 2.34. The number of carbonyl (C=O) groups excluding carboxylic acids is 1. The van der Waals surface area contributed by atoms with Gasteiger partial charge in [-0.1, -0.05) is 17.7 Å². The molecule has 3 rings (SSSR count). The van der Waals surface area contributed by atoms with Crippen LogP contribution < -0.4 is 10.6 Å². The Balaban J connectivity index is 1.78. The van der Waals surface area contributed by atoms with Crippen LogP contribution in [0.1, 0.15) is 17.0 Å². The predicted molar refractivity (Wildman–Crippen MR) is 87.1 cm³/mol. The Bertz CT molecular complexity index is 697. The second-order valence-corrected chi connectivity index (χ2v) is 6.13. The Hall–Kier alpha value is -1.85. The number of carbonyl (C=O) groups is 1. The lowest BCUT2D eigenvalue weighted by atomic mass is 9.90. The van der Waals surface area contributed by atoms with E-state index in [0.29, 0.717) is 11.6 Å². The van der Waals surface area contributed by atoms with Gasteiger partial charge in [-0.2, -0.15) is 5.10 Å². The van der Waals surface area contributed by atoms with Gasteiger partial charge in [0.25, 0.3) is 0 Å². The SMILES string of the molecule is Cc1c(Cl)cccc1NC(=O)[C@H]1CNC[C@@H]1c1cnn(C)c1. The molecule has 5 nitrogen and oxygen atoms in total. The van der Waals surface area contributed by atoms with Crippen molar-refractivity contribution < 1.29 is 4.79 Å². The molecule has 0 spiro atoms. The maximum Gasteiger partial charge on any atom is 0.229 e. The normalized spacial score (nSPS) is 21.0. The van der Waals surface area contributed by atoms with Crippen molar-refractivity contribution in [2.75, 3.05) is 18.4 Å². The maximum absolute atomic E-state index is 12.6. The fraction of sp³-hybridized carbons (Fsp3) is 0.375. The molecule has 1 aliphatic rings. The Morgan fingerprint density at radius 3 is 3.00 bits per heavy atom. The van der Waals surface area contributed by atoms with Gasteiger partial charge in [0, 0.05) is 43.0 Å². The second kappa shape index (κ2) is 6.10. The Morgan fingerprint density at radius 1 is 1.45 bits per heavy atom. The van der Waals surface area contributed by atoms with E-state index in [1.54, 1.807) is 4.68 Å². The fourth-order valence-electron chi connectivity index (χ4n) is 2.90. The minimum absolute atomic E-state index is 0.0178. The molecule has 6 heteroatoms. The van der Waals surface area contributed by atoms with E-state index in [1.165, 1.54) is 0 Å². The number of aromatic nitrogens is 2. The number of nitrogens with one attached hydrogen (secondary N) is 2. The van der Waals surface area contributed by atoms with Crippen molar-refractivity contribution in [2.24, 2.45) is 13.0 Å². The Labute approximate surface area is 134 Å². The van der Waals surface area contributed by atoms with Crippen molar-refractivity contribution in [3.05, 3.63) is 46.7 Å². The zero-order chi connectivity index (χ0) is 15.7. The summed E-state index contributed by atoms with van der Waals surface area (Å²) in [6.45, 7) is 3.37. The van der Waals surface area contributed by atoms with Gasteiger partial charge >= 0.3 is 0 Å². The highest BCUT2D eigenvalue weighted by molar-refractivity contribution is 6.31. The zero-order valence-corrected chi connectivity index (χ0v) is 13.4. The van der Waals surface area contributed by atoms with Crippen molar-refractivity contribution in [2.45, 2.75) is 12.8 Å². The third-order valence-electron chi connectivity index (χ3n) is 4.23. The number of benzene rings is 1. The number of halogens is 1. The summed E-state index contributed by atoms with van der Waals surface area (Å²) in [4.78, 5) is 12.6. The molecule has 2 heterocycles. The average molecular weight is 319 g/mol. The number of aryl methyl sites for hydroxylation is 1. The number of anilines is 1. The van der Waals surface area contributed by atoms with Gasteiger partial charge in [0.15, 0.2) is 0 Å². The summed E-state index contributed by atoms with van der Waals surface area (Å²) < 4.78 is 1.77. The summed E-state index contributed by atoms with van der Waals surface area (Å²) in [5.41, 5.74) is 2.76. The second-order valence-electron chi connectivity index (χ2n) is 5.72. The number of nitrogens with zero attached hydrogens (tertiary/aromatic N) is 2. The molecule has 0 unspecified atom stereocenters. The van der Waals surface area contributed by atoms with E-state index in [9.17, 15) is 4.79 Å². The molecule has 1 fully saturated rings.